The first-order valence-corrected chi connectivity index (χ1v) is 18.2. The molecule has 0 unspecified atom stereocenters. The minimum atomic E-state index is -1.97. The van der Waals surface area contributed by atoms with E-state index in [0.29, 0.717) is 39.1 Å². The molecule has 0 aliphatic rings. The standard InChI is InChI=1S/C21H42BN3O6S3/c1-32(2,26-19-13-7-10-16-23)29-22(30-33(3,4)27-20-14-8-11-17-24)31-34(5,6)28-21-15-9-12-18-25/h7-15,19-21H2,1-6H3. The molecule has 0 N–H and O–H groups in total. The summed E-state index contributed by atoms with van der Waals surface area (Å²) in [6.07, 6.45) is 17.3. The largest absolute Gasteiger partial charge is 0.699 e. The lowest BCUT2D eigenvalue weighted by molar-refractivity contribution is 0.249. The van der Waals surface area contributed by atoms with Crippen LogP contribution in [0.1, 0.15) is 57.8 Å². The van der Waals surface area contributed by atoms with Crippen molar-refractivity contribution in [3.8, 4) is 18.2 Å². The molecule has 0 aromatic carbocycles. The quantitative estimate of drug-likeness (QED) is 0.131. The Morgan fingerprint density at radius 3 is 1.00 bits per heavy atom. The molecule has 0 amide bonds. The van der Waals surface area contributed by atoms with E-state index in [2.05, 4.69) is 18.2 Å². The Bertz CT molecular complexity index is 590. The van der Waals surface area contributed by atoms with E-state index >= 15 is 0 Å². The lowest BCUT2D eigenvalue weighted by Gasteiger charge is -2.44. The molecule has 0 atom stereocenters. The van der Waals surface area contributed by atoms with Crippen LogP contribution in [-0.2, 0) is 24.9 Å². The molecule has 0 aromatic heterocycles. The van der Waals surface area contributed by atoms with Gasteiger partial charge in [0.05, 0.1) is 38.0 Å². The molecule has 9 nitrogen and oxygen atoms in total. The second kappa shape index (κ2) is 18.6. The smallest absolute Gasteiger partial charge is 0.286 e. The maximum absolute atomic E-state index is 8.68. The molecule has 0 saturated carbocycles. The van der Waals surface area contributed by atoms with Crippen molar-refractivity contribution in [2.24, 2.45) is 0 Å². The molecule has 0 aliphatic carbocycles. The summed E-state index contributed by atoms with van der Waals surface area (Å²) >= 11 is 0. The Kier molecular flexibility index (Phi) is 18.2. The predicted molar refractivity (Wildman–Crippen MR) is 144 cm³/mol. The molecule has 0 aliphatic heterocycles. The molecular formula is C21H42BN3O6S3. The van der Waals surface area contributed by atoms with Crippen LogP contribution >= 0.6 is 31.8 Å². The highest BCUT2D eigenvalue weighted by molar-refractivity contribution is 8.27. The van der Waals surface area contributed by atoms with Gasteiger partial charge in [-0.2, -0.15) is 15.8 Å². The monoisotopic (exact) mass is 539 g/mol. The fourth-order valence-electron chi connectivity index (χ4n) is 2.40. The summed E-state index contributed by atoms with van der Waals surface area (Å²) in [6, 6.07) is 6.39. The van der Waals surface area contributed by atoms with Gasteiger partial charge in [-0.05, 0) is 38.5 Å². The number of nitriles is 3. The molecule has 0 rings (SSSR count). The van der Waals surface area contributed by atoms with Crippen LogP contribution in [0.2, 0.25) is 0 Å². The van der Waals surface area contributed by atoms with E-state index < -0.39 is 39.1 Å². The van der Waals surface area contributed by atoms with Gasteiger partial charge in [-0.3, -0.25) is 24.9 Å². The van der Waals surface area contributed by atoms with Gasteiger partial charge in [-0.1, -0.05) is 0 Å². The highest BCUT2D eigenvalue weighted by atomic mass is 32.3. The maximum atomic E-state index is 8.68. The Labute approximate surface area is 212 Å². The van der Waals surface area contributed by atoms with Crippen LogP contribution in [0.3, 0.4) is 0 Å². The molecule has 0 bridgehead atoms. The van der Waals surface area contributed by atoms with Crippen molar-refractivity contribution in [3.63, 3.8) is 0 Å². The van der Waals surface area contributed by atoms with Crippen molar-refractivity contribution in [3.05, 3.63) is 0 Å². The van der Waals surface area contributed by atoms with Gasteiger partial charge < -0.3 is 0 Å². The van der Waals surface area contributed by atoms with E-state index in [4.69, 9.17) is 40.6 Å². The zero-order valence-electron chi connectivity index (χ0n) is 21.6. The fourth-order valence-corrected chi connectivity index (χ4v) is 5.64. The Morgan fingerprint density at radius 1 is 0.500 bits per heavy atom. The van der Waals surface area contributed by atoms with Crippen LogP contribution < -0.4 is 0 Å². The lowest BCUT2D eigenvalue weighted by Crippen LogP contribution is -2.32. The van der Waals surface area contributed by atoms with E-state index in [1.165, 1.54) is 0 Å². The Morgan fingerprint density at radius 2 is 0.765 bits per heavy atom. The average Bonchev–Trinajstić information content (AvgIpc) is 2.72. The highest BCUT2D eigenvalue weighted by Crippen LogP contribution is 2.52. The Hall–Kier alpha value is -0.655. The van der Waals surface area contributed by atoms with Crippen molar-refractivity contribution in [1.29, 1.82) is 15.8 Å². The first-order chi connectivity index (χ1) is 16.0. The van der Waals surface area contributed by atoms with Gasteiger partial charge in [-0.25, -0.2) is 31.8 Å². The van der Waals surface area contributed by atoms with Crippen LogP contribution in [-0.4, -0.2) is 64.7 Å². The number of hydrogen-bond donors (Lipinski definition) is 0. The third-order valence-electron chi connectivity index (χ3n) is 4.08. The van der Waals surface area contributed by atoms with E-state index in [-0.39, 0.29) is 0 Å². The summed E-state index contributed by atoms with van der Waals surface area (Å²) in [5, 5.41) is 26.0. The first kappa shape index (κ1) is 33.3. The number of hydrogen-bond acceptors (Lipinski definition) is 9. The third-order valence-corrected chi connectivity index (χ3v) is 8.15. The molecule has 34 heavy (non-hydrogen) atoms. The molecule has 0 radical (unpaired) electrons. The Balaban J connectivity index is 5.03. The average molecular weight is 540 g/mol. The van der Waals surface area contributed by atoms with Gasteiger partial charge >= 0.3 is 7.32 Å². The van der Waals surface area contributed by atoms with Gasteiger partial charge in [0.1, 0.15) is 0 Å². The lowest BCUT2D eigenvalue weighted by atomic mass is 10.3. The van der Waals surface area contributed by atoms with E-state index in [1.807, 2.05) is 37.5 Å². The topological polar surface area (TPSA) is 127 Å². The first-order valence-electron chi connectivity index (χ1n) is 11.3. The van der Waals surface area contributed by atoms with Crippen molar-refractivity contribution >= 4 is 39.1 Å². The van der Waals surface area contributed by atoms with Crippen molar-refractivity contribution in [1.82, 2.24) is 0 Å². The predicted octanol–water partition coefficient (Wildman–Crippen LogP) is 5.84. The van der Waals surface area contributed by atoms with Gasteiger partial charge in [0.2, 0.25) is 0 Å². The highest BCUT2D eigenvalue weighted by Gasteiger charge is 2.37. The number of nitrogens with zero attached hydrogens (tertiary/aromatic N) is 3. The summed E-state index contributed by atoms with van der Waals surface area (Å²) in [4.78, 5) is 0. The minimum Gasteiger partial charge on any atom is -0.286 e. The van der Waals surface area contributed by atoms with Crippen LogP contribution in [0.4, 0.5) is 0 Å². The van der Waals surface area contributed by atoms with E-state index in [0.717, 1.165) is 38.5 Å². The number of rotatable bonds is 21. The zero-order valence-corrected chi connectivity index (χ0v) is 24.0. The van der Waals surface area contributed by atoms with Crippen LogP contribution in [0.5, 0.6) is 0 Å². The molecule has 13 heteroatoms. The summed E-state index contributed by atoms with van der Waals surface area (Å²) in [7, 11) is -6.95. The number of unbranched alkanes of at least 4 members (excludes halogenated alkanes) is 6. The van der Waals surface area contributed by atoms with E-state index in [1.54, 1.807) is 0 Å². The summed E-state index contributed by atoms with van der Waals surface area (Å²) in [5.41, 5.74) is 0. The van der Waals surface area contributed by atoms with Crippen LogP contribution in [0.25, 0.3) is 0 Å². The van der Waals surface area contributed by atoms with E-state index in [9.17, 15) is 0 Å². The fraction of sp³-hybridized carbons (Fsp3) is 0.857. The van der Waals surface area contributed by atoms with Crippen LogP contribution in [0.15, 0.2) is 0 Å². The van der Waals surface area contributed by atoms with Crippen LogP contribution in [0, 0.1) is 34.0 Å². The van der Waals surface area contributed by atoms with Crippen molar-refractivity contribution < 1.29 is 24.9 Å². The third kappa shape index (κ3) is 19.6. The zero-order chi connectivity index (χ0) is 25.9. The molecule has 0 heterocycles. The molecule has 0 fully saturated rings. The normalized spacial score (nSPS) is 13.5. The van der Waals surface area contributed by atoms with Gasteiger partial charge in [-0.15, -0.1) is 0 Å². The summed E-state index contributed by atoms with van der Waals surface area (Å²) in [6.45, 7) is 1.44. The van der Waals surface area contributed by atoms with Crippen molar-refractivity contribution in [2.45, 2.75) is 57.8 Å². The minimum absolute atomic E-state index is 0.480. The molecule has 0 spiro atoms. The maximum Gasteiger partial charge on any atom is 0.699 e. The van der Waals surface area contributed by atoms with Crippen molar-refractivity contribution in [2.75, 3.05) is 57.4 Å². The second-order valence-electron chi connectivity index (χ2n) is 8.32. The molecule has 0 saturated heterocycles. The molecule has 0 aromatic rings. The van der Waals surface area contributed by atoms with Gasteiger partial charge in [0.25, 0.3) is 0 Å². The molecular weight excluding hydrogens is 497 g/mol. The summed E-state index contributed by atoms with van der Waals surface area (Å²) < 4.78 is 36.3. The van der Waals surface area contributed by atoms with Gasteiger partial charge in [0, 0.05) is 56.8 Å². The molecule has 198 valence electrons. The summed E-state index contributed by atoms with van der Waals surface area (Å²) in [5.74, 6) is 0. The SMILES string of the molecule is CS(C)(OCCCCC#N)OB(OS(C)(C)OCCCCC#N)OS(C)(C)OCCCCC#N. The second-order valence-corrected chi connectivity index (χ2v) is 16.5. The van der Waals surface area contributed by atoms with Gasteiger partial charge in [0.15, 0.2) is 0 Å².